The molecule has 2 rings (SSSR count). The van der Waals surface area contributed by atoms with Crippen molar-refractivity contribution >= 4 is 17.7 Å². The van der Waals surface area contributed by atoms with Gasteiger partial charge in [-0.25, -0.2) is 0 Å². The van der Waals surface area contributed by atoms with Crippen LogP contribution in [-0.2, 0) is 14.3 Å². The number of carbonyl (C=O) groups is 1. The summed E-state index contributed by atoms with van der Waals surface area (Å²) in [4.78, 5) is 11.0. The zero-order valence-electron chi connectivity index (χ0n) is 9.58. The third-order valence-corrected chi connectivity index (χ3v) is 2.29. The van der Waals surface area contributed by atoms with Gasteiger partial charge in [-0.1, -0.05) is 18.2 Å². The van der Waals surface area contributed by atoms with Crippen molar-refractivity contribution in [3.05, 3.63) is 35.9 Å². The second-order valence-electron chi connectivity index (χ2n) is 3.52. The Morgan fingerprint density at radius 3 is 2.82 bits per heavy atom. The minimum atomic E-state index is -1.47. The first-order valence-electron chi connectivity index (χ1n) is 5.11. The van der Waals surface area contributed by atoms with Gasteiger partial charge in [0.1, 0.15) is 0 Å². The Balaban J connectivity index is 2.40. The van der Waals surface area contributed by atoms with Crippen LogP contribution in [-0.4, -0.2) is 19.0 Å². The van der Waals surface area contributed by atoms with E-state index in [1.165, 1.54) is 14.0 Å². The molecule has 0 bridgehead atoms. The molecule has 1 aliphatic heterocycles. The number of hydrogen-bond donors (Lipinski definition) is 0. The van der Waals surface area contributed by atoms with Crippen LogP contribution in [0.1, 0.15) is 12.5 Å². The molecule has 0 fully saturated rings. The van der Waals surface area contributed by atoms with Gasteiger partial charge in [0.2, 0.25) is 0 Å². The number of carbonyl (C=O) groups excluding carboxylic acids is 1. The molecular weight excluding hydrogens is 220 g/mol. The first kappa shape index (κ1) is 11.5. The fraction of sp³-hybridized carbons (Fsp3) is 0.250. The minimum Gasteiger partial charge on any atom is -0.407 e. The Kier molecular flexibility index (Phi) is 3.01. The quantitative estimate of drug-likeness (QED) is 0.581. The normalized spacial score (nSPS) is 21.8. The molecule has 0 amide bonds. The van der Waals surface area contributed by atoms with Crippen LogP contribution >= 0.6 is 0 Å². The molecule has 0 saturated heterocycles. The maximum atomic E-state index is 11.0. The maximum Gasteiger partial charge on any atom is 0.353 e. The average molecular weight is 232 g/mol. The first-order valence-corrected chi connectivity index (χ1v) is 5.11. The molecule has 0 saturated carbocycles. The van der Waals surface area contributed by atoms with Crippen LogP contribution in [0.3, 0.4) is 0 Å². The third-order valence-electron chi connectivity index (χ3n) is 2.29. The molecular formula is C12H12N2O3. The van der Waals surface area contributed by atoms with Gasteiger partial charge in [-0.15, -0.1) is 10.2 Å². The molecule has 1 aromatic carbocycles. The summed E-state index contributed by atoms with van der Waals surface area (Å²) in [5.74, 6) is -1.95. The molecule has 0 radical (unpaired) electrons. The van der Waals surface area contributed by atoms with Crippen molar-refractivity contribution in [2.45, 2.75) is 12.8 Å². The van der Waals surface area contributed by atoms with Crippen molar-refractivity contribution in [2.24, 2.45) is 10.2 Å². The summed E-state index contributed by atoms with van der Waals surface area (Å²) in [6.45, 7) is 1.29. The summed E-state index contributed by atoms with van der Waals surface area (Å²) in [6, 6.07) is 7.47. The van der Waals surface area contributed by atoms with E-state index in [4.69, 9.17) is 9.47 Å². The van der Waals surface area contributed by atoms with Crippen LogP contribution in [0.5, 0.6) is 0 Å². The van der Waals surface area contributed by atoms with E-state index in [-0.39, 0.29) is 0 Å². The van der Waals surface area contributed by atoms with Gasteiger partial charge in [0.05, 0.1) is 5.69 Å². The number of hydrogen-bond acceptors (Lipinski definition) is 5. The van der Waals surface area contributed by atoms with Gasteiger partial charge in [0, 0.05) is 25.7 Å². The summed E-state index contributed by atoms with van der Waals surface area (Å²) >= 11 is 0. The molecule has 0 spiro atoms. The first-order chi connectivity index (χ1) is 8.15. The predicted octanol–water partition coefficient (Wildman–Crippen LogP) is 2.66. The molecule has 0 aliphatic carbocycles. The van der Waals surface area contributed by atoms with E-state index in [1.54, 1.807) is 12.2 Å². The molecule has 1 aromatic rings. The second-order valence-corrected chi connectivity index (χ2v) is 3.52. The standard InChI is InChI=1S/C12H12N2O3/c1-9(15)17-12(16-2)8-7-10-5-3-4-6-11(10)13-14-12/h3-8H,1-2H3. The molecule has 0 aromatic heterocycles. The number of fused-ring (bicyclic) bond motifs is 1. The van der Waals surface area contributed by atoms with Crippen LogP contribution < -0.4 is 0 Å². The topological polar surface area (TPSA) is 60.2 Å². The SMILES string of the molecule is COC1(OC(C)=O)C=Cc2ccccc2N=N1. The van der Waals surface area contributed by atoms with Gasteiger partial charge in [-0.2, -0.15) is 0 Å². The molecule has 5 nitrogen and oxygen atoms in total. The molecule has 17 heavy (non-hydrogen) atoms. The lowest BCUT2D eigenvalue weighted by atomic mass is 10.1. The Hall–Kier alpha value is -2.01. The van der Waals surface area contributed by atoms with Crippen molar-refractivity contribution in [1.29, 1.82) is 0 Å². The van der Waals surface area contributed by atoms with Gasteiger partial charge in [0.25, 0.3) is 0 Å². The highest BCUT2D eigenvalue weighted by Gasteiger charge is 2.31. The average Bonchev–Trinajstić information content (AvgIpc) is 2.50. The molecule has 0 N–H and O–H groups in total. The molecule has 1 atom stereocenters. The third kappa shape index (κ3) is 2.39. The monoisotopic (exact) mass is 232 g/mol. The number of nitrogens with zero attached hydrogens (tertiary/aromatic N) is 2. The summed E-state index contributed by atoms with van der Waals surface area (Å²) in [7, 11) is 1.41. The maximum absolute atomic E-state index is 11.0. The van der Waals surface area contributed by atoms with E-state index >= 15 is 0 Å². The largest absolute Gasteiger partial charge is 0.407 e. The van der Waals surface area contributed by atoms with Crippen LogP contribution in [0.4, 0.5) is 5.69 Å². The highest BCUT2D eigenvalue weighted by Crippen LogP contribution is 2.29. The number of esters is 1. The summed E-state index contributed by atoms with van der Waals surface area (Å²) in [6.07, 6.45) is 3.32. The van der Waals surface area contributed by atoms with Gasteiger partial charge in [-0.3, -0.25) is 4.79 Å². The van der Waals surface area contributed by atoms with Crippen LogP contribution in [0, 0.1) is 0 Å². The van der Waals surface area contributed by atoms with Gasteiger partial charge in [-0.05, 0) is 12.1 Å². The van der Waals surface area contributed by atoms with Crippen molar-refractivity contribution in [3.8, 4) is 0 Å². The summed E-state index contributed by atoms with van der Waals surface area (Å²) < 4.78 is 10.1. The van der Waals surface area contributed by atoms with Crippen molar-refractivity contribution in [3.63, 3.8) is 0 Å². The zero-order valence-corrected chi connectivity index (χ0v) is 9.58. The van der Waals surface area contributed by atoms with Gasteiger partial charge < -0.3 is 9.47 Å². The smallest absolute Gasteiger partial charge is 0.353 e. The molecule has 88 valence electrons. The van der Waals surface area contributed by atoms with Gasteiger partial charge >= 0.3 is 11.9 Å². The van der Waals surface area contributed by atoms with E-state index in [1.807, 2.05) is 24.3 Å². The van der Waals surface area contributed by atoms with Crippen molar-refractivity contribution in [1.82, 2.24) is 0 Å². The Labute approximate surface area is 98.8 Å². The second kappa shape index (κ2) is 4.47. The number of methoxy groups -OCH3 is 1. The Morgan fingerprint density at radius 2 is 2.12 bits per heavy atom. The van der Waals surface area contributed by atoms with Crippen LogP contribution in [0.25, 0.3) is 6.08 Å². The van der Waals surface area contributed by atoms with Crippen molar-refractivity contribution in [2.75, 3.05) is 7.11 Å². The number of rotatable bonds is 2. The lowest BCUT2D eigenvalue weighted by molar-refractivity contribution is -0.196. The molecule has 1 heterocycles. The van der Waals surface area contributed by atoms with E-state index in [2.05, 4.69) is 10.2 Å². The van der Waals surface area contributed by atoms with E-state index in [9.17, 15) is 4.79 Å². The van der Waals surface area contributed by atoms with E-state index in [0.29, 0.717) is 5.69 Å². The molecule has 5 heteroatoms. The molecule has 1 aliphatic rings. The molecule has 1 unspecified atom stereocenters. The fourth-order valence-electron chi connectivity index (χ4n) is 1.48. The zero-order chi connectivity index (χ0) is 12.3. The Morgan fingerprint density at radius 1 is 1.35 bits per heavy atom. The Bertz CT molecular complexity index is 461. The van der Waals surface area contributed by atoms with Crippen LogP contribution in [0.15, 0.2) is 40.6 Å². The lowest BCUT2D eigenvalue weighted by Gasteiger charge is -2.21. The summed E-state index contributed by atoms with van der Waals surface area (Å²) in [5.41, 5.74) is 1.59. The fourth-order valence-corrected chi connectivity index (χ4v) is 1.48. The summed E-state index contributed by atoms with van der Waals surface area (Å²) in [5, 5.41) is 7.95. The lowest BCUT2D eigenvalue weighted by Crippen LogP contribution is -2.31. The highest BCUT2D eigenvalue weighted by molar-refractivity contribution is 5.68. The van der Waals surface area contributed by atoms with E-state index < -0.39 is 11.9 Å². The number of ether oxygens (including phenoxy) is 2. The number of benzene rings is 1. The van der Waals surface area contributed by atoms with Crippen LogP contribution in [0.2, 0.25) is 0 Å². The van der Waals surface area contributed by atoms with Gasteiger partial charge in [0.15, 0.2) is 0 Å². The van der Waals surface area contributed by atoms with E-state index in [0.717, 1.165) is 5.56 Å². The van der Waals surface area contributed by atoms with Crippen molar-refractivity contribution < 1.29 is 14.3 Å². The highest BCUT2D eigenvalue weighted by atomic mass is 16.7. The minimum absolute atomic E-state index is 0.485. The number of azo groups is 1. The predicted molar refractivity (Wildman–Crippen MR) is 61.5 cm³/mol.